The van der Waals surface area contributed by atoms with Crippen molar-refractivity contribution in [1.29, 1.82) is 0 Å². The number of benzene rings is 1. The van der Waals surface area contributed by atoms with E-state index in [1.54, 1.807) is 0 Å². The molecular weight excluding hydrogens is 253 g/mol. The monoisotopic (exact) mass is 263 g/mol. The summed E-state index contributed by atoms with van der Waals surface area (Å²) in [5, 5.41) is 0. The second kappa shape index (κ2) is 6.13. The van der Waals surface area contributed by atoms with Gasteiger partial charge in [0.1, 0.15) is 0 Å². The number of hydrogen-bond donors (Lipinski definition) is 1. The number of carbonyl (C=O) groups excluding carboxylic acids is 1. The predicted molar refractivity (Wildman–Crippen MR) is 59.2 cm³/mol. The Hall–Kier alpha value is -0.380. The van der Waals surface area contributed by atoms with Crippen LogP contribution in [0.2, 0.25) is 0 Å². The van der Waals surface area contributed by atoms with Gasteiger partial charge in [-0.05, 0) is 17.7 Å². The highest BCUT2D eigenvalue weighted by molar-refractivity contribution is 9.10. The van der Waals surface area contributed by atoms with Gasteiger partial charge in [0.05, 0.1) is 6.54 Å². The second-order valence-electron chi connectivity index (χ2n) is 2.55. The van der Waals surface area contributed by atoms with E-state index in [-0.39, 0.29) is 24.7 Å². The van der Waals surface area contributed by atoms with Crippen LogP contribution >= 0.6 is 28.3 Å². The first-order valence-electron chi connectivity index (χ1n) is 3.68. The van der Waals surface area contributed by atoms with Crippen molar-refractivity contribution >= 4 is 34.1 Å². The van der Waals surface area contributed by atoms with E-state index in [0.717, 1.165) is 10.0 Å². The fourth-order valence-corrected chi connectivity index (χ4v) is 1.39. The summed E-state index contributed by atoms with van der Waals surface area (Å²) in [4.78, 5) is 11.0. The Bertz CT molecular complexity index is 291. The molecular formula is C9H11BrClNO. The Labute approximate surface area is 92.0 Å². The van der Waals surface area contributed by atoms with Gasteiger partial charge in [0.15, 0.2) is 5.78 Å². The van der Waals surface area contributed by atoms with Gasteiger partial charge < -0.3 is 5.73 Å². The number of halogens is 2. The molecule has 0 atom stereocenters. The normalized spacial score (nSPS) is 9.08. The largest absolute Gasteiger partial charge is 0.324 e. The van der Waals surface area contributed by atoms with Gasteiger partial charge in [-0.25, -0.2) is 0 Å². The van der Waals surface area contributed by atoms with Gasteiger partial charge in [0.2, 0.25) is 0 Å². The quantitative estimate of drug-likeness (QED) is 0.907. The van der Waals surface area contributed by atoms with Crippen LogP contribution in [0, 0.1) is 0 Å². The van der Waals surface area contributed by atoms with Crippen molar-refractivity contribution < 1.29 is 4.79 Å². The van der Waals surface area contributed by atoms with E-state index in [9.17, 15) is 4.79 Å². The molecule has 0 radical (unpaired) electrons. The van der Waals surface area contributed by atoms with Crippen molar-refractivity contribution in [1.82, 2.24) is 0 Å². The minimum atomic E-state index is 0. The zero-order valence-corrected chi connectivity index (χ0v) is 9.40. The first-order valence-corrected chi connectivity index (χ1v) is 4.48. The molecule has 0 amide bonds. The van der Waals surface area contributed by atoms with Crippen molar-refractivity contribution in [2.75, 3.05) is 6.54 Å². The molecule has 1 rings (SSSR count). The summed E-state index contributed by atoms with van der Waals surface area (Å²) < 4.78 is 0.991. The lowest BCUT2D eigenvalue weighted by Crippen LogP contribution is -2.15. The third-order valence-electron chi connectivity index (χ3n) is 1.52. The van der Waals surface area contributed by atoms with Crippen LogP contribution in [-0.2, 0) is 11.2 Å². The van der Waals surface area contributed by atoms with Gasteiger partial charge in [-0.3, -0.25) is 4.79 Å². The SMILES string of the molecule is Cl.NCC(=O)Cc1cccc(Br)c1. The molecule has 0 heterocycles. The summed E-state index contributed by atoms with van der Waals surface area (Å²) in [5.74, 6) is 0.0631. The van der Waals surface area contributed by atoms with Crippen molar-refractivity contribution in [3.63, 3.8) is 0 Å². The summed E-state index contributed by atoms with van der Waals surface area (Å²) in [6.07, 6.45) is 0.427. The maximum absolute atomic E-state index is 11.0. The van der Waals surface area contributed by atoms with Gasteiger partial charge in [0, 0.05) is 10.9 Å². The maximum atomic E-state index is 11.0. The number of rotatable bonds is 3. The third kappa shape index (κ3) is 4.41. The highest BCUT2D eigenvalue weighted by Gasteiger charge is 2.00. The molecule has 0 fully saturated rings. The van der Waals surface area contributed by atoms with Gasteiger partial charge in [-0.15, -0.1) is 12.4 Å². The van der Waals surface area contributed by atoms with Crippen molar-refractivity contribution in [2.45, 2.75) is 6.42 Å². The van der Waals surface area contributed by atoms with E-state index in [4.69, 9.17) is 5.73 Å². The third-order valence-corrected chi connectivity index (χ3v) is 2.01. The van der Waals surface area contributed by atoms with Crippen LogP contribution < -0.4 is 5.73 Å². The summed E-state index contributed by atoms with van der Waals surface area (Å²) >= 11 is 3.33. The molecule has 0 spiro atoms. The molecule has 0 aliphatic heterocycles. The van der Waals surface area contributed by atoms with Crippen LogP contribution in [0.4, 0.5) is 0 Å². The van der Waals surface area contributed by atoms with Crippen molar-refractivity contribution in [3.05, 3.63) is 34.3 Å². The van der Waals surface area contributed by atoms with E-state index >= 15 is 0 Å². The Morgan fingerprint density at radius 1 is 1.46 bits per heavy atom. The summed E-state index contributed by atoms with van der Waals surface area (Å²) in [5.41, 5.74) is 6.20. The van der Waals surface area contributed by atoms with Gasteiger partial charge in [-0.1, -0.05) is 28.1 Å². The van der Waals surface area contributed by atoms with Gasteiger partial charge in [0.25, 0.3) is 0 Å². The number of nitrogens with two attached hydrogens (primary N) is 1. The first-order chi connectivity index (χ1) is 5.72. The molecule has 0 saturated heterocycles. The molecule has 0 aliphatic rings. The smallest absolute Gasteiger partial charge is 0.150 e. The molecule has 13 heavy (non-hydrogen) atoms. The van der Waals surface area contributed by atoms with Crippen molar-refractivity contribution in [3.8, 4) is 0 Å². The zero-order chi connectivity index (χ0) is 8.97. The number of Topliss-reactive ketones (excluding diaryl/α,β-unsaturated/α-hetero) is 1. The lowest BCUT2D eigenvalue weighted by molar-refractivity contribution is -0.117. The molecule has 2 nitrogen and oxygen atoms in total. The average Bonchev–Trinajstić information content (AvgIpc) is 2.04. The molecule has 1 aromatic rings. The number of hydrogen-bond acceptors (Lipinski definition) is 2. The van der Waals surface area contributed by atoms with E-state index in [1.165, 1.54) is 0 Å². The highest BCUT2D eigenvalue weighted by Crippen LogP contribution is 2.11. The Kier molecular flexibility index (Phi) is 5.95. The van der Waals surface area contributed by atoms with Crippen molar-refractivity contribution in [2.24, 2.45) is 5.73 Å². The molecule has 0 saturated carbocycles. The van der Waals surface area contributed by atoms with Crippen LogP contribution in [-0.4, -0.2) is 12.3 Å². The van der Waals surface area contributed by atoms with E-state index in [1.807, 2.05) is 24.3 Å². The molecule has 4 heteroatoms. The van der Waals surface area contributed by atoms with E-state index in [2.05, 4.69) is 15.9 Å². The maximum Gasteiger partial charge on any atom is 0.150 e. The Balaban J connectivity index is 0.00000144. The van der Waals surface area contributed by atoms with Gasteiger partial charge in [-0.2, -0.15) is 0 Å². The highest BCUT2D eigenvalue weighted by atomic mass is 79.9. The Morgan fingerprint density at radius 2 is 2.15 bits per heavy atom. The van der Waals surface area contributed by atoms with Crippen LogP contribution in [0.15, 0.2) is 28.7 Å². The minimum absolute atomic E-state index is 0. The van der Waals surface area contributed by atoms with Crippen LogP contribution in [0.3, 0.4) is 0 Å². The summed E-state index contributed by atoms with van der Waals surface area (Å²) in [6.45, 7) is 0.118. The molecule has 0 aromatic heterocycles. The fraction of sp³-hybridized carbons (Fsp3) is 0.222. The molecule has 72 valence electrons. The first kappa shape index (κ1) is 12.6. The van der Waals surface area contributed by atoms with Crippen LogP contribution in [0.1, 0.15) is 5.56 Å². The Morgan fingerprint density at radius 3 is 2.69 bits per heavy atom. The summed E-state index contributed by atoms with van der Waals surface area (Å²) in [6, 6.07) is 7.67. The lowest BCUT2D eigenvalue weighted by Gasteiger charge is -1.98. The molecule has 1 aromatic carbocycles. The lowest BCUT2D eigenvalue weighted by atomic mass is 10.1. The van der Waals surface area contributed by atoms with E-state index < -0.39 is 0 Å². The average molecular weight is 265 g/mol. The standard InChI is InChI=1S/C9H10BrNO.ClH/c10-8-3-1-2-7(4-8)5-9(12)6-11;/h1-4H,5-6,11H2;1H. The summed E-state index contributed by atoms with van der Waals surface area (Å²) in [7, 11) is 0. The second-order valence-corrected chi connectivity index (χ2v) is 3.47. The number of ketones is 1. The fourth-order valence-electron chi connectivity index (χ4n) is 0.947. The molecule has 0 unspecified atom stereocenters. The number of carbonyl (C=O) groups is 1. The topological polar surface area (TPSA) is 43.1 Å². The van der Waals surface area contributed by atoms with Crippen LogP contribution in [0.25, 0.3) is 0 Å². The zero-order valence-electron chi connectivity index (χ0n) is 7.00. The molecule has 0 bridgehead atoms. The minimum Gasteiger partial charge on any atom is -0.324 e. The van der Waals surface area contributed by atoms with E-state index in [0.29, 0.717) is 6.42 Å². The molecule has 2 N–H and O–H groups in total. The van der Waals surface area contributed by atoms with Crippen LogP contribution in [0.5, 0.6) is 0 Å². The van der Waals surface area contributed by atoms with Gasteiger partial charge >= 0.3 is 0 Å². The predicted octanol–water partition coefficient (Wildman–Crippen LogP) is 1.94. The molecule has 0 aliphatic carbocycles.